The van der Waals surface area contributed by atoms with Gasteiger partial charge in [0.05, 0.1) is 6.26 Å². The van der Waals surface area contributed by atoms with E-state index in [9.17, 15) is 9.59 Å². The molecule has 0 aromatic heterocycles. The molecule has 120 valence electrons. The molecule has 0 radical (unpaired) electrons. The molecule has 0 bridgehead atoms. The van der Waals surface area contributed by atoms with Gasteiger partial charge in [0.15, 0.2) is 6.61 Å². The number of likely N-dealkylation sites (N-methyl/N-ethyl adjacent to an activating group) is 1. The van der Waals surface area contributed by atoms with Crippen LogP contribution < -0.4 is 10.6 Å². The number of amides is 2. The summed E-state index contributed by atoms with van der Waals surface area (Å²) < 4.78 is 5.14. The molecule has 0 aliphatic heterocycles. The molecule has 5 heteroatoms. The highest BCUT2D eigenvalue weighted by molar-refractivity contribution is 5.88. The van der Waals surface area contributed by atoms with Gasteiger partial charge in [0.25, 0.3) is 5.91 Å². The summed E-state index contributed by atoms with van der Waals surface area (Å²) in [5.74, 6) is -0.503. The molecule has 0 unspecified atom stereocenters. The van der Waals surface area contributed by atoms with Crippen molar-refractivity contribution in [1.29, 1.82) is 0 Å². The number of nitrogens with one attached hydrogen (secondary N) is 2. The minimum atomic E-state index is -0.557. The third-order valence-electron chi connectivity index (χ3n) is 2.80. The Morgan fingerprint density at radius 1 is 1.19 bits per heavy atom. The summed E-state index contributed by atoms with van der Waals surface area (Å²) in [6.45, 7) is 4.06. The van der Waals surface area contributed by atoms with Crippen LogP contribution in [-0.2, 0) is 14.3 Å². The van der Waals surface area contributed by atoms with Gasteiger partial charge in [-0.05, 0) is 31.8 Å². The molecule has 0 aliphatic carbocycles. The molecule has 21 heavy (non-hydrogen) atoms. The lowest BCUT2D eigenvalue weighted by atomic mass is 10.1. The van der Waals surface area contributed by atoms with Crippen molar-refractivity contribution >= 4 is 11.8 Å². The van der Waals surface area contributed by atoms with E-state index in [1.807, 2.05) is 25.2 Å². The first-order valence-electron chi connectivity index (χ1n) is 7.58. The molecule has 5 nitrogen and oxygen atoms in total. The van der Waals surface area contributed by atoms with Crippen LogP contribution in [0.3, 0.4) is 0 Å². The van der Waals surface area contributed by atoms with Crippen molar-refractivity contribution < 1.29 is 14.3 Å². The summed E-state index contributed by atoms with van der Waals surface area (Å²) in [6.07, 6.45) is 11.9. The average Bonchev–Trinajstić information content (AvgIpc) is 2.49. The lowest BCUT2D eigenvalue weighted by Crippen LogP contribution is -2.46. The zero-order valence-electron chi connectivity index (χ0n) is 13.4. The first-order valence-corrected chi connectivity index (χ1v) is 7.58. The maximum atomic E-state index is 11.7. The van der Waals surface area contributed by atoms with Crippen LogP contribution in [0.1, 0.15) is 46.0 Å². The van der Waals surface area contributed by atoms with E-state index in [1.54, 1.807) is 13.3 Å². The van der Waals surface area contributed by atoms with Gasteiger partial charge >= 0.3 is 0 Å². The second-order valence-electron chi connectivity index (χ2n) is 4.67. The number of hydrogen-bond donors (Lipinski definition) is 2. The van der Waals surface area contributed by atoms with E-state index >= 15 is 0 Å². The van der Waals surface area contributed by atoms with E-state index in [4.69, 9.17) is 4.74 Å². The van der Waals surface area contributed by atoms with Crippen molar-refractivity contribution in [2.24, 2.45) is 0 Å². The van der Waals surface area contributed by atoms with Crippen LogP contribution in [0, 0.1) is 0 Å². The van der Waals surface area contributed by atoms with Gasteiger partial charge in [0.2, 0.25) is 5.91 Å². The lowest BCUT2D eigenvalue weighted by Gasteiger charge is -2.15. The Bertz CT molecular complexity index is 351. The predicted molar refractivity (Wildman–Crippen MR) is 84.7 cm³/mol. The topological polar surface area (TPSA) is 67.4 Å². The Balaban J connectivity index is 4.12. The molecule has 1 atom stereocenters. The van der Waals surface area contributed by atoms with E-state index in [1.165, 1.54) is 0 Å². The number of allylic oxidation sites excluding steroid dienone is 2. The van der Waals surface area contributed by atoms with Crippen LogP contribution in [0.2, 0.25) is 0 Å². The van der Waals surface area contributed by atoms with E-state index < -0.39 is 6.04 Å². The van der Waals surface area contributed by atoms with Gasteiger partial charge < -0.3 is 15.4 Å². The molecule has 0 saturated heterocycles. The number of hydrogen-bond acceptors (Lipinski definition) is 3. The zero-order chi connectivity index (χ0) is 15.9. The number of unbranched alkanes of at least 4 members (excludes halogenated alkanes) is 2. The summed E-state index contributed by atoms with van der Waals surface area (Å²) in [6, 6.07) is -0.557. The molecular formula is C16H28N2O3. The first-order chi connectivity index (χ1) is 10.2. The van der Waals surface area contributed by atoms with Crippen molar-refractivity contribution in [1.82, 2.24) is 10.6 Å². The monoisotopic (exact) mass is 296 g/mol. The average molecular weight is 296 g/mol. The Morgan fingerprint density at radius 3 is 2.57 bits per heavy atom. The van der Waals surface area contributed by atoms with Gasteiger partial charge in [0, 0.05) is 7.05 Å². The van der Waals surface area contributed by atoms with Gasteiger partial charge in [0.1, 0.15) is 6.04 Å². The number of rotatable bonds is 11. The summed E-state index contributed by atoms with van der Waals surface area (Å²) in [5.41, 5.74) is 0. The van der Waals surface area contributed by atoms with Crippen molar-refractivity contribution in [3.05, 3.63) is 24.5 Å². The highest BCUT2D eigenvalue weighted by Crippen LogP contribution is 1.97. The first kappa shape index (κ1) is 19.2. The van der Waals surface area contributed by atoms with Crippen molar-refractivity contribution in [2.45, 2.75) is 52.0 Å². The molecular weight excluding hydrogens is 268 g/mol. The Kier molecular flexibility index (Phi) is 12.1. The van der Waals surface area contributed by atoms with Crippen molar-refractivity contribution in [2.75, 3.05) is 13.7 Å². The molecule has 0 aromatic rings. The van der Waals surface area contributed by atoms with Gasteiger partial charge in [-0.15, -0.1) is 0 Å². The number of carbonyl (C=O) groups excluding carboxylic acids is 2. The molecule has 0 saturated carbocycles. The SMILES string of the molecule is CC/C=C/C[C@H](NC(=O)CO/C=C/CCCC)C(=O)NC. The molecule has 2 amide bonds. The molecule has 0 fully saturated rings. The molecule has 0 aromatic carbocycles. The van der Waals surface area contributed by atoms with Crippen LogP contribution in [0.5, 0.6) is 0 Å². The molecule has 0 spiro atoms. The molecule has 0 aliphatic rings. The van der Waals surface area contributed by atoms with Crippen LogP contribution in [0.4, 0.5) is 0 Å². The number of ether oxygens (including phenoxy) is 1. The third-order valence-corrected chi connectivity index (χ3v) is 2.80. The van der Waals surface area contributed by atoms with Crippen LogP contribution in [0.25, 0.3) is 0 Å². The molecule has 2 N–H and O–H groups in total. The maximum absolute atomic E-state index is 11.7. The fraction of sp³-hybridized carbons (Fsp3) is 0.625. The zero-order valence-corrected chi connectivity index (χ0v) is 13.4. The van der Waals surface area contributed by atoms with E-state index in [0.29, 0.717) is 6.42 Å². The fourth-order valence-electron chi connectivity index (χ4n) is 1.62. The second kappa shape index (κ2) is 13.2. The van der Waals surface area contributed by atoms with E-state index in [0.717, 1.165) is 25.7 Å². The van der Waals surface area contributed by atoms with E-state index in [-0.39, 0.29) is 18.4 Å². The quantitative estimate of drug-likeness (QED) is 0.349. The summed E-state index contributed by atoms with van der Waals surface area (Å²) in [7, 11) is 1.55. The largest absolute Gasteiger partial charge is 0.492 e. The summed E-state index contributed by atoms with van der Waals surface area (Å²) in [4.78, 5) is 23.4. The van der Waals surface area contributed by atoms with Crippen molar-refractivity contribution in [3.63, 3.8) is 0 Å². The highest BCUT2D eigenvalue weighted by Gasteiger charge is 2.17. The van der Waals surface area contributed by atoms with Gasteiger partial charge in [-0.1, -0.05) is 32.4 Å². The Morgan fingerprint density at radius 2 is 1.95 bits per heavy atom. The minimum absolute atomic E-state index is 0.0758. The van der Waals surface area contributed by atoms with Gasteiger partial charge in [-0.25, -0.2) is 0 Å². The summed E-state index contributed by atoms with van der Waals surface area (Å²) >= 11 is 0. The maximum Gasteiger partial charge on any atom is 0.258 e. The Labute approximate surface area is 127 Å². The molecule has 0 heterocycles. The normalized spacial score (nSPS) is 12.5. The van der Waals surface area contributed by atoms with Crippen LogP contribution in [-0.4, -0.2) is 31.5 Å². The standard InChI is InChI=1S/C16H28N2O3/c1-4-6-8-10-12-21-13-15(19)18-14(16(20)17-3)11-9-7-5-2/h7,9-10,12,14H,4-6,8,11,13H2,1-3H3,(H,17,20)(H,18,19)/b9-7+,12-10+/t14-/m0/s1. The summed E-state index contributed by atoms with van der Waals surface area (Å²) in [5, 5.41) is 5.21. The fourth-order valence-corrected chi connectivity index (χ4v) is 1.62. The lowest BCUT2D eigenvalue weighted by molar-refractivity contribution is -0.130. The number of carbonyl (C=O) groups is 2. The second-order valence-corrected chi connectivity index (χ2v) is 4.67. The molecule has 0 rings (SSSR count). The predicted octanol–water partition coefficient (Wildman–Crippen LogP) is 2.29. The minimum Gasteiger partial charge on any atom is -0.492 e. The van der Waals surface area contributed by atoms with Gasteiger partial charge in [-0.3, -0.25) is 9.59 Å². The highest BCUT2D eigenvalue weighted by atomic mass is 16.5. The Hall–Kier alpha value is -1.78. The van der Waals surface area contributed by atoms with Crippen molar-refractivity contribution in [3.8, 4) is 0 Å². The smallest absolute Gasteiger partial charge is 0.258 e. The van der Waals surface area contributed by atoms with Gasteiger partial charge in [-0.2, -0.15) is 0 Å². The third kappa shape index (κ3) is 10.6. The van der Waals surface area contributed by atoms with Crippen LogP contribution in [0.15, 0.2) is 24.5 Å². The van der Waals surface area contributed by atoms with E-state index in [2.05, 4.69) is 17.6 Å². The van der Waals surface area contributed by atoms with Crippen LogP contribution >= 0.6 is 0 Å².